The van der Waals surface area contributed by atoms with Crippen molar-refractivity contribution in [2.75, 3.05) is 0 Å². The summed E-state index contributed by atoms with van der Waals surface area (Å²) in [6.45, 7) is 0. The van der Waals surface area contributed by atoms with Crippen molar-refractivity contribution in [2.24, 2.45) is 0 Å². The van der Waals surface area contributed by atoms with Crippen molar-refractivity contribution in [3.05, 3.63) is 231 Å². The zero-order chi connectivity index (χ0) is 41.9. The fourth-order valence-electron chi connectivity index (χ4n) is 10.8. The summed E-state index contributed by atoms with van der Waals surface area (Å²) in [7, 11) is 0. The van der Waals surface area contributed by atoms with Gasteiger partial charge in [0, 0.05) is 65.8 Å². The summed E-state index contributed by atoms with van der Waals surface area (Å²) in [4.78, 5) is 0. The molecule has 0 N–H and O–H groups in total. The molecule has 0 aliphatic heterocycles. The zero-order valence-corrected chi connectivity index (χ0v) is 34.7. The van der Waals surface area contributed by atoms with Gasteiger partial charge < -0.3 is 18.3 Å². The second-order valence-corrected chi connectivity index (χ2v) is 17.0. The van der Waals surface area contributed by atoms with E-state index in [0.717, 1.165) is 22.7 Å². The molecule has 14 rings (SSSR count). The Morgan fingerprint density at radius 1 is 0.172 bits per heavy atom. The monoisotopic (exact) mass is 814 g/mol. The highest BCUT2D eigenvalue weighted by Gasteiger charge is 2.21. The van der Waals surface area contributed by atoms with Gasteiger partial charge in [-0.15, -0.1) is 0 Å². The molecular formula is C60H38N4. The minimum absolute atomic E-state index is 1.13. The molecule has 14 aromatic rings. The van der Waals surface area contributed by atoms with Crippen molar-refractivity contribution in [3.63, 3.8) is 0 Å². The number of hydrogen-bond donors (Lipinski definition) is 0. The molecule has 4 heterocycles. The van der Waals surface area contributed by atoms with E-state index in [1.54, 1.807) is 0 Å². The number of benzene rings is 10. The molecule has 64 heavy (non-hydrogen) atoms. The largest absolute Gasteiger partial charge is 0.309 e. The Morgan fingerprint density at radius 3 is 0.766 bits per heavy atom. The Bertz CT molecular complexity index is 3910. The summed E-state index contributed by atoms with van der Waals surface area (Å²) in [6.07, 6.45) is 0. The number of rotatable bonds is 5. The van der Waals surface area contributed by atoms with Gasteiger partial charge in [0.2, 0.25) is 0 Å². The van der Waals surface area contributed by atoms with Crippen LogP contribution in [0.25, 0.3) is 121 Å². The zero-order valence-electron chi connectivity index (χ0n) is 34.7. The maximum Gasteiger partial charge on any atom is 0.0548 e. The summed E-state index contributed by atoms with van der Waals surface area (Å²) in [6, 6.07) is 84.5. The molecule has 4 aromatic heterocycles. The molecule has 0 unspecified atom stereocenters. The first-order chi connectivity index (χ1) is 31.8. The van der Waals surface area contributed by atoms with E-state index in [1.165, 1.54) is 98.4 Å². The van der Waals surface area contributed by atoms with Crippen LogP contribution >= 0.6 is 0 Å². The fraction of sp³-hybridized carbons (Fsp3) is 0. The summed E-state index contributed by atoms with van der Waals surface area (Å²) >= 11 is 0. The number of fused-ring (bicyclic) bond motifs is 12. The molecule has 0 saturated carbocycles. The van der Waals surface area contributed by atoms with Crippen molar-refractivity contribution in [3.8, 4) is 33.9 Å². The number of hydrogen-bond acceptors (Lipinski definition) is 0. The topological polar surface area (TPSA) is 19.7 Å². The fourth-order valence-corrected chi connectivity index (χ4v) is 10.8. The summed E-state index contributed by atoms with van der Waals surface area (Å²) in [5.74, 6) is 0. The number of aromatic nitrogens is 4. The molecule has 4 nitrogen and oxygen atoms in total. The Morgan fingerprint density at radius 2 is 0.438 bits per heavy atom. The van der Waals surface area contributed by atoms with Gasteiger partial charge in [0.25, 0.3) is 0 Å². The van der Waals surface area contributed by atoms with E-state index < -0.39 is 0 Å². The van der Waals surface area contributed by atoms with Crippen molar-refractivity contribution in [2.45, 2.75) is 0 Å². The van der Waals surface area contributed by atoms with E-state index in [4.69, 9.17) is 0 Å². The average molecular weight is 815 g/mol. The predicted octanol–water partition coefficient (Wildman–Crippen LogP) is 15.7. The average Bonchev–Trinajstić information content (AvgIpc) is 4.07. The van der Waals surface area contributed by atoms with Gasteiger partial charge in [-0.2, -0.15) is 0 Å². The molecule has 10 aromatic carbocycles. The highest BCUT2D eigenvalue weighted by molar-refractivity contribution is 6.20. The van der Waals surface area contributed by atoms with Gasteiger partial charge in [-0.1, -0.05) is 133 Å². The Kier molecular flexibility index (Phi) is 7.36. The van der Waals surface area contributed by atoms with Gasteiger partial charge in [-0.25, -0.2) is 0 Å². The molecule has 0 bridgehead atoms. The van der Waals surface area contributed by atoms with E-state index in [0.29, 0.717) is 0 Å². The predicted molar refractivity (Wildman–Crippen MR) is 269 cm³/mol. The van der Waals surface area contributed by atoms with E-state index >= 15 is 0 Å². The molecule has 0 saturated heterocycles. The first-order valence-corrected chi connectivity index (χ1v) is 22.0. The van der Waals surface area contributed by atoms with Crippen LogP contribution in [0.5, 0.6) is 0 Å². The smallest absolute Gasteiger partial charge is 0.0548 e. The molecule has 0 fully saturated rings. The lowest BCUT2D eigenvalue weighted by Gasteiger charge is -2.13. The third-order valence-electron chi connectivity index (χ3n) is 13.5. The lowest BCUT2D eigenvalue weighted by Crippen LogP contribution is -1.96. The molecular weight excluding hydrogens is 777 g/mol. The second kappa shape index (κ2) is 13.4. The molecule has 4 heteroatoms. The van der Waals surface area contributed by atoms with Gasteiger partial charge in [-0.3, -0.25) is 0 Å². The Labute approximate surface area is 368 Å². The maximum absolute atomic E-state index is 2.45. The van der Waals surface area contributed by atoms with Crippen LogP contribution in [0.4, 0.5) is 0 Å². The van der Waals surface area contributed by atoms with Crippen LogP contribution in [-0.4, -0.2) is 18.3 Å². The van der Waals surface area contributed by atoms with Crippen molar-refractivity contribution in [1.29, 1.82) is 0 Å². The first kappa shape index (κ1) is 35.0. The lowest BCUT2D eigenvalue weighted by atomic mass is 10.0. The van der Waals surface area contributed by atoms with E-state index in [9.17, 15) is 0 Å². The second-order valence-electron chi connectivity index (χ2n) is 17.0. The van der Waals surface area contributed by atoms with E-state index in [2.05, 4.69) is 249 Å². The SMILES string of the molecule is c1ccc(-n2c3ccccc3c3cc4c(cc32)c2ccccc2n4-c2cccc(-c3cccc(-n4c5ccccc5c5cc6c(cc54)c4ccccc4n6-c4ccccc4)c3)c2)cc1. The van der Waals surface area contributed by atoms with Crippen LogP contribution in [0.1, 0.15) is 0 Å². The third kappa shape index (κ3) is 4.99. The van der Waals surface area contributed by atoms with Gasteiger partial charge in [0.15, 0.2) is 0 Å². The molecule has 0 aliphatic carbocycles. The minimum Gasteiger partial charge on any atom is -0.309 e. The molecule has 0 atom stereocenters. The first-order valence-electron chi connectivity index (χ1n) is 22.0. The highest BCUT2D eigenvalue weighted by atomic mass is 15.0. The number of para-hydroxylation sites is 6. The van der Waals surface area contributed by atoms with Gasteiger partial charge in [-0.05, 0) is 108 Å². The lowest BCUT2D eigenvalue weighted by molar-refractivity contribution is 1.17. The van der Waals surface area contributed by atoms with Crippen LogP contribution in [0, 0.1) is 0 Å². The highest BCUT2D eigenvalue weighted by Crippen LogP contribution is 2.42. The van der Waals surface area contributed by atoms with Crippen LogP contribution in [0.3, 0.4) is 0 Å². The van der Waals surface area contributed by atoms with E-state index in [1.807, 2.05) is 0 Å². The molecule has 0 amide bonds. The summed E-state index contributed by atoms with van der Waals surface area (Å²) < 4.78 is 9.73. The maximum atomic E-state index is 2.45. The van der Waals surface area contributed by atoms with E-state index in [-0.39, 0.29) is 0 Å². The Hall–Kier alpha value is -8.60. The van der Waals surface area contributed by atoms with Crippen LogP contribution in [-0.2, 0) is 0 Å². The molecule has 298 valence electrons. The van der Waals surface area contributed by atoms with Gasteiger partial charge in [0.05, 0.1) is 44.1 Å². The third-order valence-corrected chi connectivity index (χ3v) is 13.5. The van der Waals surface area contributed by atoms with Gasteiger partial charge >= 0.3 is 0 Å². The van der Waals surface area contributed by atoms with Crippen LogP contribution < -0.4 is 0 Å². The minimum atomic E-state index is 1.13. The quantitative estimate of drug-likeness (QED) is 0.165. The van der Waals surface area contributed by atoms with Crippen LogP contribution in [0.2, 0.25) is 0 Å². The molecule has 0 spiro atoms. The van der Waals surface area contributed by atoms with Crippen molar-refractivity contribution >= 4 is 87.2 Å². The summed E-state index contributed by atoms with van der Waals surface area (Å²) in [5.41, 5.74) is 16.5. The van der Waals surface area contributed by atoms with Crippen LogP contribution in [0.15, 0.2) is 231 Å². The summed E-state index contributed by atoms with van der Waals surface area (Å²) in [5, 5.41) is 9.94. The molecule has 0 radical (unpaired) electrons. The standard InChI is InChI=1S/C60H38N4/c1-3-19-41(20-4-1)61-53-29-11-7-25-45(53)49-37-59-51(35-57(49)61)47-27-9-13-31-55(47)63(59)43-23-15-17-39(33-43)40-18-16-24-44(34-40)64-56-32-14-10-28-48(56)52-36-58-50(38-60(52)64)46-26-8-12-30-54(46)62(58)42-21-5-2-6-22-42/h1-38H. The van der Waals surface area contributed by atoms with Gasteiger partial charge in [0.1, 0.15) is 0 Å². The Balaban J connectivity index is 0.954. The van der Waals surface area contributed by atoms with Crippen molar-refractivity contribution in [1.82, 2.24) is 18.3 Å². The normalized spacial score (nSPS) is 12.1. The number of nitrogens with zero attached hydrogens (tertiary/aromatic N) is 4. The molecule has 0 aliphatic rings. The van der Waals surface area contributed by atoms with Crippen molar-refractivity contribution < 1.29 is 0 Å².